The maximum atomic E-state index is 13.2. The number of halogens is 2. The van der Waals surface area contributed by atoms with E-state index in [1.807, 2.05) is 0 Å². The predicted octanol–water partition coefficient (Wildman–Crippen LogP) is 4.88. The number of carbonyl (C=O) groups is 2. The van der Waals surface area contributed by atoms with Gasteiger partial charge in [0.2, 0.25) is 0 Å². The van der Waals surface area contributed by atoms with Crippen molar-refractivity contribution in [3.05, 3.63) is 74.9 Å². The first-order chi connectivity index (χ1) is 13.4. The standard InChI is InChI=1S/C21H17Cl2NO4/c1-12-19(21(26)28-3)16(9-13-7-8-17(22)18(23)10-13)20(25)24(12)14-5-4-6-15(11-14)27-2/h4-11H,1-3H3/b16-9-. The number of amides is 1. The SMILES string of the molecule is COC(=O)C1=C(C)N(c2cccc(OC)c2)C(=O)/C1=C\c1ccc(Cl)c(Cl)c1. The molecule has 0 radical (unpaired) electrons. The topological polar surface area (TPSA) is 55.8 Å². The first-order valence-electron chi connectivity index (χ1n) is 8.32. The summed E-state index contributed by atoms with van der Waals surface area (Å²) in [6.45, 7) is 1.69. The lowest BCUT2D eigenvalue weighted by Gasteiger charge is -2.18. The van der Waals surface area contributed by atoms with E-state index in [9.17, 15) is 9.59 Å². The second-order valence-corrected chi connectivity index (χ2v) is 6.84. The average molecular weight is 418 g/mol. The molecule has 5 nitrogen and oxygen atoms in total. The van der Waals surface area contributed by atoms with Crippen LogP contribution in [0.3, 0.4) is 0 Å². The van der Waals surface area contributed by atoms with Crippen molar-refractivity contribution in [2.75, 3.05) is 19.1 Å². The minimum Gasteiger partial charge on any atom is -0.497 e. The van der Waals surface area contributed by atoms with Crippen LogP contribution in [0.2, 0.25) is 10.0 Å². The lowest BCUT2D eigenvalue weighted by molar-refractivity contribution is -0.136. The minimum absolute atomic E-state index is 0.196. The fraction of sp³-hybridized carbons (Fsp3) is 0.143. The zero-order valence-electron chi connectivity index (χ0n) is 15.5. The van der Waals surface area contributed by atoms with Crippen molar-refractivity contribution >= 4 is 46.8 Å². The van der Waals surface area contributed by atoms with Crippen LogP contribution in [-0.4, -0.2) is 26.1 Å². The van der Waals surface area contributed by atoms with Crippen LogP contribution in [0.1, 0.15) is 12.5 Å². The van der Waals surface area contributed by atoms with Crippen LogP contribution in [-0.2, 0) is 14.3 Å². The molecule has 0 N–H and O–H groups in total. The highest BCUT2D eigenvalue weighted by molar-refractivity contribution is 6.42. The Labute approximate surface area is 172 Å². The summed E-state index contributed by atoms with van der Waals surface area (Å²) in [4.78, 5) is 27.1. The third-order valence-corrected chi connectivity index (χ3v) is 5.09. The number of rotatable bonds is 4. The number of benzene rings is 2. The van der Waals surface area contributed by atoms with Gasteiger partial charge in [0, 0.05) is 11.8 Å². The smallest absolute Gasteiger partial charge is 0.340 e. The Hall–Kier alpha value is -2.76. The number of methoxy groups -OCH3 is 2. The van der Waals surface area contributed by atoms with Crippen molar-refractivity contribution in [3.63, 3.8) is 0 Å². The maximum Gasteiger partial charge on any atom is 0.340 e. The molecule has 2 aromatic rings. The molecule has 28 heavy (non-hydrogen) atoms. The summed E-state index contributed by atoms with van der Waals surface area (Å²) in [6, 6.07) is 12.0. The third kappa shape index (κ3) is 3.63. The first kappa shape index (κ1) is 20.0. The van der Waals surface area contributed by atoms with Gasteiger partial charge in [-0.15, -0.1) is 0 Å². The van der Waals surface area contributed by atoms with E-state index in [1.165, 1.54) is 12.0 Å². The number of allylic oxidation sites excluding steroid dienone is 1. The Kier molecular flexibility index (Phi) is 5.77. The molecule has 3 rings (SSSR count). The molecular formula is C21H17Cl2NO4. The Bertz CT molecular complexity index is 1030. The van der Waals surface area contributed by atoms with Gasteiger partial charge in [-0.2, -0.15) is 0 Å². The summed E-state index contributed by atoms with van der Waals surface area (Å²) < 4.78 is 10.1. The van der Waals surface area contributed by atoms with Crippen molar-refractivity contribution in [3.8, 4) is 5.75 Å². The van der Waals surface area contributed by atoms with Crippen molar-refractivity contribution < 1.29 is 19.1 Å². The summed E-state index contributed by atoms with van der Waals surface area (Å²) in [5.41, 5.74) is 2.10. The minimum atomic E-state index is -0.595. The summed E-state index contributed by atoms with van der Waals surface area (Å²) in [5.74, 6) is -0.348. The van der Waals surface area contributed by atoms with Gasteiger partial charge in [-0.3, -0.25) is 9.69 Å². The molecule has 0 saturated heterocycles. The monoisotopic (exact) mass is 417 g/mol. The first-order valence-corrected chi connectivity index (χ1v) is 9.07. The number of carbonyl (C=O) groups excluding carboxylic acids is 2. The van der Waals surface area contributed by atoms with E-state index in [4.69, 9.17) is 32.7 Å². The number of anilines is 1. The third-order valence-electron chi connectivity index (χ3n) is 4.36. The second kappa shape index (κ2) is 8.09. The normalized spacial score (nSPS) is 15.4. The molecule has 1 aliphatic rings. The van der Waals surface area contributed by atoms with Crippen LogP contribution < -0.4 is 9.64 Å². The van der Waals surface area contributed by atoms with Crippen molar-refractivity contribution in [1.82, 2.24) is 0 Å². The highest BCUT2D eigenvalue weighted by Gasteiger charge is 2.38. The van der Waals surface area contributed by atoms with E-state index >= 15 is 0 Å². The molecule has 0 aromatic heterocycles. The van der Waals surface area contributed by atoms with Crippen LogP contribution in [0.25, 0.3) is 6.08 Å². The number of ether oxygens (including phenoxy) is 2. The molecule has 144 valence electrons. The van der Waals surface area contributed by atoms with Gasteiger partial charge in [0.15, 0.2) is 0 Å². The Balaban J connectivity index is 2.14. The van der Waals surface area contributed by atoms with Crippen LogP contribution in [0.5, 0.6) is 5.75 Å². The van der Waals surface area contributed by atoms with E-state index in [2.05, 4.69) is 0 Å². The molecule has 0 saturated carbocycles. The van der Waals surface area contributed by atoms with E-state index in [-0.39, 0.29) is 17.1 Å². The fourth-order valence-corrected chi connectivity index (χ4v) is 3.32. The largest absolute Gasteiger partial charge is 0.497 e. The van der Waals surface area contributed by atoms with Crippen LogP contribution >= 0.6 is 23.2 Å². The molecule has 2 aromatic carbocycles. The van der Waals surface area contributed by atoms with Gasteiger partial charge in [0.05, 0.1) is 41.1 Å². The molecule has 1 heterocycles. The maximum absolute atomic E-state index is 13.2. The van der Waals surface area contributed by atoms with Crippen LogP contribution in [0.4, 0.5) is 5.69 Å². The van der Waals surface area contributed by atoms with Crippen molar-refractivity contribution in [1.29, 1.82) is 0 Å². The van der Waals surface area contributed by atoms with Gasteiger partial charge < -0.3 is 9.47 Å². The number of esters is 1. The van der Waals surface area contributed by atoms with E-state index in [0.717, 1.165) is 0 Å². The lowest BCUT2D eigenvalue weighted by atomic mass is 10.0. The van der Waals surface area contributed by atoms with Gasteiger partial charge in [-0.25, -0.2) is 4.79 Å². The van der Waals surface area contributed by atoms with Gasteiger partial charge in [0.1, 0.15) is 5.75 Å². The molecule has 0 bridgehead atoms. The molecule has 0 spiro atoms. The molecule has 1 amide bonds. The zero-order valence-corrected chi connectivity index (χ0v) is 17.0. The molecule has 0 fully saturated rings. The molecule has 0 atom stereocenters. The molecular weight excluding hydrogens is 401 g/mol. The Morgan fingerprint density at radius 2 is 1.82 bits per heavy atom. The van der Waals surface area contributed by atoms with Gasteiger partial charge in [-0.1, -0.05) is 35.3 Å². The van der Waals surface area contributed by atoms with Crippen molar-refractivity contribution in [2.24, 2.45) is 0 Å². The number of hydrogen-bond donors (Lipinski definition) is 0. The molecule has 1 aliphatic heterocycles. The van der Waals surface area contributed by atoms with Crippen molar-refractivity contribution in [2.45, 2.75) is 6.92 Å². The van der Waals surface area contributed by atoms with Gasteiger partial charge in [0.25, 0.3) is 5.91 Å². The van der Waals surface area contributed by atoms with E-state index < -0.39 is 5.97 Å². The highest BCUT2D eigenvalue weighted by atomic mass is 35.5. The number of nitrogens with zero attached hydrogens (tertiary/aromatic N) is 1. The van der Waals surface area contributed by atoms with Gasteiger partial charge >= 0.3 is 5.97 Å². The average Bonchev–Trinajstić information content (AvgIpc) is 2.94. The van der Waals surface area contributed by atoms with Crippen LogP contribution in [0, 0.1) is 0 Å². The summed E-state index contributed by atoms with van der Waals surface area (Å²) in [5, 5.41) is 0.755. The van der Waals surface area contributed by atoms with Gasteiger partial charge in [-0.05, 0) is 42.8 Å². The predicted molar refractivity (Wildman–Crippen MR) is 110 cm³/mol. The number of hydrogen-bond acceptors (Lipinski definition) is 4. The molecule has 0 aliphatic carbocycles. The Morgan fingerprint density at radius 1 is 1.07 bits per heavy atom. The quantitative estimate of drug-likeness (QED) is 0.525. The second-order valence-electron chi connectivity index (χ2n) is 6.03. The highest BCUT2D eigenvalue weighted by Crippen LogP contribution is 2.37. The van der Waals surface area contributed by atoms with E-state index in [1.54, 1.807) is 62.6 Å². The molecule has 7 heteroatoms. The summed E-state index contributed by atoms with van der Waals surface area (Å²) in [7, 11) is 2.82. The molecule has 0 unspecified atom stereocenters. The lowest BCUT2D eigenvalue weighted by Crippen LogP contribution is -2.24. The summed E-state index contributed by atoms with van der Waals surface area (Å²) >= 11 is 12.0. The van der Waals surface area contributed by atoms with E-state index in [0.29, 0.717) is 32.7 Å². The Morgan fingerprint density at radius 3 is 2.46 bits per heavy atom. The fourth-order valence-electron chi connectivity index (χ4n) is 3.01. The summed E-state index contributed by atoms with van der Waals surface area (Å²) in [6.07, 6.45) is 1.60. The van der Waals surface area contributed by atoms with Crippen LogP contribution in [0.15, 0.2) is 59.3 Å². The zero-order chi connectivity index (χ0) is 20.4.